The second-order valence-corrected chi connectivity index (χ2v) is 3.18. The van der Waals surface area contributed by atoms with Crippen LogP contribution in [0.1, 0.15) is 11.3 Å². The van der Waals surface area contributed by atoms with Crippen molar-refractivity contribution in [3.8, 4) is 0 Å². The van der Waals surface area contributed by atoms with E-state index in [-0.39, 0.29) is 0 Å². The summed E-state index contributed by atoms with van der Waals surface area (Å²) in [6, 6.07) is 0. The topological polar surface area (TPSA) is 30.2 Å². The van der Waals surface area contributed by atoms with Crippen molar-refractivity contribution in [2.75, 3.05) is 0 Å². The highest BCUT2D eigenvalue weighted by atomic mass is 35.5. The first kappa shape index (κ1) is 7.55. The van der Waals surface area contributed by atoms with Crippen molar-refractivity contribution in [1.82, 2.24) is 14.6 Å². The molecule has 2 heterocycles. The average Bonchev–Trinajstić information content (AvgIpc) is 2.35. The van der Waals surface area contributed by atoms with Gasteiger partial charge in [0.05, 0.1) is 6.20 Å². The molecule has 0 aliphatic heterocycles. The van der Waals surface area contributed by atoms with Gasteiger partial charge in [-0.25, -0.2) is 9.50 Å². The van der Waals surface area contributed by atoms with E-state index in [9.17, 15) is 0 Å². The highest BCUT2D eigenvalue weighted by Crippen LogP contribution is 2.15. The van der Waals surface area contributed by atoms with E-state index in [0.717, 1.165) is 16.9 Å². The largest absolute Gasteiger partial charge is 0.232 e. The van der Waals surface area contributed by atoms with E-state index in [1.165, 1.54) is 0 Å². The first-order valence-electron chi connectivity index (χ1n) is 3.65. The number of aryl methyl sites for hydroxylation is 2. The Bertz CT molecular complexity index is 433. The summed E-state index contributed by atoms with van der Waals surface area (Å²) in [5, 5.41) is 4.64. The Kier molecular flexibility index (Phi) is 1.54. The number of rotatable bonds is 0. The smallest absolute Gasteiger partial charge is 0.173 e. The van der Waals surface area contributed by atoms with E-state index in [1.54, 1.807) is 10.7 Å². The van der Waals surface area contributed by atoms with Gasteiger partial charge in [-0.1, -0.05) is 11.6 Å². The maximum Gasteiger partial charge on any atom is 0.173 e. The first-order valence-corrected chi connectivity index (χ1v) is 4.03. The van der Waals surface area contributed by atoms with Crippen molar-refractivity contribution >= 4 is 17.2 Å². The molecule has 0 amide bonds. The van der Waals surface area contributed by atoms with Crippen LogP contribution in [0.5, 0.6) is 0 Å². The predicted molar refractivity (Wildman–Crippen MR) is 47.5 cm³/mol. The predicted octanol–water partition coefficient (Wildman–Crippen LogP) is 2.00. The lowest BCUT2D eigenvalue weighted by molar-refractivity contribution is 0.915. The molecule has 3 nitrogen and oxygen atoms in total. The number of nitrogens with zero attached hydrogens (tertiary/aromatic N) is 3. The van der Waals surface area contributed by atoms with Gasteiger partial charge in [-0.15, -0.1) is 0 Å². The van der Waals surface area contributed by atoms with Crippen LogP contribution in [-0.4, -0.2) is 14.6 Å². The second kappa shape index (κ2) is 2.45. The summed E-state index contributed by atoms with van der Waals surface area (Å²) in [5.74, 6) is 0. The molecule has 0 aliphatic rings. The molecule has 0 spiro atoms. The minimum atomic E-state index is 0.595. The second-order valence-electron chi connectivity index (χ2n) is 2.77. The van der Waals surface area contributed by atoms with Gasteiger partial charge in [0.25, 0.3) is 0 Å². The van der Waals surface area contributed by atoms with Gasteiger partial charge in [0.1, 0.15) is 5.02 Å². The molecule has 0 fully saturated rings. The van der Waals surface area contributed by atoms with Gasteiger partial charge in [0.2, 0.25) is 0 Å². The number of hydrogen-bond donors (Lipinski definition) is 0. The molecule has 0 atom stereocenters. The van der Waals surface area contributed by atoms with E-state index in [2.05, 4.69) is 10.1 Å². The van der Waals surface area contributed by atoms with Crippen LogP contribution in [0.3, 0.4) is 0 Å². The van der Waals surface area contributed by atoms with Crippen LogP contribution < -0.4 is 0 Å². The van der Waals surface area contributed by atoms with Gasteiger partial charge in [0.15, 0.2) is 5.65 Å². The summed E-state index contributed by atoms with van der Waals surface area (Å²) >= 11 is 5.85. The highest BCUT2D eigenvalue weighted by molar-refractivity contribution is 6.33. The molecule has 0 aliphatic carbocycles. The van der Waals surface area contributed by atoms with Gasteiger partial charge >= 0.3 is 0 Å². The third kappa shape index (κ3) is 0.975. The zero-order valence-electron chi connectivity index (χ0n) is 6.87. The van der Waals surface area contributed by atoms with Crippen LogP contribution in [0.15, 0.2) is 12.4 Å². The van der Waals surface area contributed by atoms with Crippen LogP contribution in [0.25, 0.3) is 5.65 Å². The van der Waals surface area contributed by atoms with E-state index >= 15 is 0 Å². The van der Waals surface area contributed by atoms with Crippen LogP contribution in [0.4, 0.5) is 0 Å². The fraction of sp³-hybridized carbons (Fsp3) is 0.250. The summed E-state index contributed by atoms with van der Waals surface area (Å²) < 4.78 is 1.69. The van der Waals surface area contributed by atoms with Gasteiger partial charge < -0.3 is 0 Å². The maximum absolute atomic E-state index is 5.85. The molecule has 4 heteroatoms. The normalized spacial score (nSPS) is 10.9. The molecule has 12 heavy (non-hydrogen) atoms. The van der Waals surface area contributed by atoms with E-state index in [4.69, 9.17) is 11.6 Å². The molecule has 0 bridgehead atoms. The molecule has 0 aromatic carbocycles. The standard InChI is InChI=1S/C8H8ClN3/c1-5-4-12-8(11-6(5)2)7(9)3-10-12/h3-4H,1-2H3. The monoisotopic (exact) mass is 181 g/mol. The Balaban J connectivity index is 2.87. The molecule has 2 aromatic rings. The molecule has 0 saturated carbocycles. The van der Waals surface area contributed by atoms with Crippen molar-refractivity contribution in [2.24, 2.45) is 0 Å². The van der Waals surface area contributed by atoms with Crippen molar-refractivity contribution in [3.05, 3.63) is 28.7 Å². The van der Waals surface area contributed by atoms with Crippen molar-refractivity contribution < 1.29 is 0 Å². The Morgan fingerprint density at radius 3 is 2.92 bits per heavy atom. The Labute approximate surface area is 75.0 Å². The molecule has 0 N–H and O–H groups in total. The summed E-state index contributed by atoms with van der Waals surface area (Å²) in [6.45, 7) is 3.95. The fourth-order valence-corrected chi connectivity index (χ4v) is 1.23. The van der Waals surface area contributed by atoms with Crippen LogP contribution in [-0.2, 0) is 0 Å². The molecular formula is C8H8ClN3. The molecule has 0 radical (unpaired) electrons. The zero-order chi connectivity index (χ0) is 8.72. The number of hydrogen-bond acceptors (Lipinski definition) is 2. The fourth-order valence-electron chi connectivity index (χ4n) is 1.06. The summed E-state index contributed by atoms with van der Waals surface area (Å²) in [5.41, 5.74) is 2.83. The average molecular weight is 182 g/mol. The zero-order valence-corrected chi connectivity index (χ0v) is 7.63. The van der Waals surface area contributed by atoms with Crippen molar-refractivity contribution in [1.29, 1.82) is 0 Å². The van der Waals surface area contributed by atoms with Crippen molar-refractivity contribution in [2.45, 2.75) is 13.8 Å². The number of aromatic nitrogens is 3. The van der Waals surface area contributed by atoms with Crippen LogP contribution >= 0.6 is 11.6 Å². The van der Waals surface area contributed by atoms with Crippen LogP contribution in [0.2, 0.25) is 5.02 Å². The minimum Gasteiger partial charge on any atom is -0.232 e. The lowest BCUT2D eigenvalue weighted by atomic mass is 10.3. The van der Waals surface area contributed by atoms with Gasteiger partial charge in [0, 0.05) is 11.9 Å². The van der Waals surface area contributed by atoms with Gasteiger partial charge in [-0.3, -0.25) is 0 Å². The maximum atomic E-state index is 5.85. The molecular weight excluding hydrogens is 174 g/mol. The van der Waals surface area contributed by atoms with E-state index in [1.807, 2.05) is 20.0 Å². The Morgan fingerprint density at radius 1 is 1.42 bits per heavy atom. The Hall–Kier alpha value is -1.09. The summed E-state index contributed by atoms with van der Waals surface area (Å²) in [6.07, 6.45) is 3.52. The molecule has 2 rings (SSSR count). The lowest BCUT2D eigenvalue weighted by Gasteiger charge is -1.99. The summed E-state index contributed by atoms with van der Waals surface area (Å²) in [7, 11) is 0. The van der Waals surface area contributed by atoms with Crippen molar-refractivity contribution in [3.63, 3.8) is 0 Å². The van der Waals surface area contributed by atoms with Crippen LogP contribution in [0, 0.1) is 13.8 Å². The summed E-state index contributed by atoms with van der Waals surface area (Å²) in [4.78, 5) is 4.30. The van der Waals surface area contributed by atoms with E-state index in [0.29, 0.717) is 5.02 Å². The first-order chi connectivity index (χ1) is 5.68. The highest BCUT2D eigenvalue weighted by Gasteiger charge is 2.03. The van der Waals surface area contributed by atoms with Gasteiger partial charge in [-0.2, -0.15) is 5.10 Å². The molecule has 2 aromatic heterocycles. The van der Waals surface area contributed by atoms with Gasteiger partial charge in [-0.05, 0) is 19.4 Å². The molecule has 0 saturated heterocycles. The third-order valence-electron chi connectivity index (χ3n) is 1.89. The number of fused-ring (bicyclic) bond motifs is 1. The lowest BCUT2D eigenvalue weighted by Crippen LogP contribution is -1.94. The minimum absolute atomic E-state index is 0.595. The molecule has 62 valence electrons. The van der Waals surface area contributed by atoms with E-state index < -0.39 is 0 Å². The Morgan fingerprint density at radius 2 is 2.17 bits per heavy atom. The number of halogens is 1. The molecule has 0 unspecified atom stereocenters. The third-order valence-corrected chi connectivity index (χ3v) is 2.15. The SMILES string of the molecule is Cc1cn2ncc(Cl)c2nc1C. The quantitative estimate of drug-likeness (QED) is 0.622.